The third kappa shape index (κ3) is 7.61. The summed E-state index contributed by atoms with van der Waals surface area (Å²) < 4.78 is 5.70. The topological polar surface area (TPSA) is 79.8 Å². The molecule has 0 saturated carbocycles. The lowest BCUT2D eigenvalue weighted by atomic mass is 10.1. The summed E-state index contributed by atoms with van der Waals surface area (Å²) in [6.45, 7) is 4.14. The molecule has 0 aromatic heterocycles. The highest BCUT2D eigenvalue weighted by Gasteiger charge is 2.07. The first-order chi connectivity index (χ1) is 16.3. The van der Waals surface area contributed by atoms with Crippen molar-refractivity contribution < 1.29 is 14.3 Å². The first kappa shape index (κ1) is 25.3. The number of rotatable bonds is 9. The molecule has 0 unspecified atom stereocenters. The van der Waals surface area contributed by atoms with Crippen LogP contribution in [0.4, 0.5) is 5.69 Å². The van der Waals surface area contributed by atoms with E-state index in [0.717, 1.165) is 16.9 Å². The van der Waals surface area contributed by atoms with Crippen molar-refractivity contribution in [1.29, 1.82) is 0 Å². The summed E-state index contributed by atoms with van der Waals surface area (Å²) in [4.78, 5) is 24.4. The number of carbonyl (C=O) groups excluding carboxylic acids is 2. The molecule has 0 aliphatic carbocycles. The molecule has 0 heterocycles. The molecule has 0 saturated heterocycles. The highest BCUT2D eigenvalue weighted by molar-refractivity contribution is 6.31. The molecular formula is C26H25Cl2N3O3. The van der Waals surface area contributed by atoms with Crippen LogP contribution in [0, 0.1) is 6.92 Å². The molecule has 0 atom stereocenters. The molecule has 0 spiro atoms. The first-order valence-corrected chi connectivity index (χ1v) is 11.5. The fourth-order valence-electron chi connectivity index (χ4n) is 3.06. The largest absolute Gasteiger partial charge is 0.493 e. The van der Waals surface area contributed by atoms with Crippen LogP contribution in [-0.2, 0) is 4.79 Å². The Morgan fingerprint density at radius 3 is 2.24 bits per heavy atom. The highest BCUT2D eigenvalue weighted by atomic mass is 35.5. The molecule has 3 aromatic rings. The van der Waals surface area contributed by atoms with Gasteiger partial charge in [-0.25, -0.2) is 5.43 Å². The second-order valence-corrected chi connectivity index (χ2v) is 8.51. The van der Waals surface area contributed by atoms with E-state index in [1.165, 1.54) is 0 Å². The number of amides is 2. The molecule has 34 heavy (non-hydrogen) atoms. The molecule has 0 aliphatic heterocycles. The molecule has 3 rings (SSSR count). The Morgan fingerprint density at radius 2 is 1.56 bits per heavy atom. The first-order valence-electron chi connectivity index (χ1n) is 10.7. The predicted octanol–water partition coefficient (Wildman–Crippen LogP) is 6.25. The zero-order chi connectivity index (χ0) is 24.5. The van der Waals surface area contributed by atoms with E-state index < -0.39 is 0 Å². The molecule has 0 fully saturated rings. The van der Waals surface area contributed by atoms with Gasteiger partial charge in [0.25, 0.3) is 5.91 Å². The predicted molar refractivity (Wildman–Crippen MR) is 137 cm³/mol. The quantitative estimate of drug-likeness (QED) is 0.208. The number of hydrogen-bond acceptors (Lipinski definition) is 4. The van der Waals surface area contributed by atoms with E-state index in [1.54, 1.807) is 49.4 Å². The van der Waals surface area contributed by atoms with E-state index in [-0.39, 0.29) is 11.8 Å². The maximum absolute atomic E-state index is 12.3. The zero-order valence-corrected chi connectivity index (χ0v) is 20.4. The maximum atomic E-state index is 12.3. The molecule has 3 aromatic carbocycles. The van der Waals surface area contributed by atoms with Crippen molar-refractivity contribution in [1.82, 2.24) is 5.43 Å². The van der Waals surface area contributed by atoms with Crippen molar-refractivity contribution in [2.45, 2.75) is 26.7 Å². The number of nitrogens with zero attached hydrogens (tertiary/aromatic N) is 1. The summed E-state index contributed by atoms with van der Waals surface area (Å²) in [5.74, 6) is 0.339. The number of hydrogen-bond donors (Lipinski definition) is 2. The van der Waals surface area contributed by atoms with Crippen LogP contribution in [0.15, 0.2) is 71.8 Å². The fourth-order valence-corrected chi connectivity index (χ4v) is 3.41. The molecule has 176 valence electrons. The van der Waals surface area contributed by atoms with Gasteiger partial charge in [-0.05, 0) is 86.0 Å². The number of aryl methyl sites for hydroxylation is 1. The summed E-state index contributed by atoms with van der Waals surface area (Å²) in [6, 6.07) is 19.3. The number of nitrogens with one attached hydrogen (secondary N) is 2. The van der Waals surface area contributed by atoms with Gasteiger partial charge in [-0.3, -0.25) is 9.59 Å². The van der Waals surface area contributed by atoms with Crippen LogP contribution in [0.25, 0.3) is 0 Å². The van der Waals surface area contributed by atoms with E-state index in [1.807, 2.05) is 31.2 Å². The van der Waals surface area contributed by atoms with Gasteiger partial charge in [0, 0.05) is 27.7 Å². The van der Waals surface area contributed by atoms with Gasteiger partial charge in [-0.1, -0.05) is 35.3 Å². The monoisotopic (exact) mass is 497 g/mol. The zero-order valence-electron chi connectivity index (χ0n) is 18.9. The molecule has 0 radical (unpaired) electrons. The van der Waals surface area contributed by atoms with Crippen LogP contribution in [0.3, 0.4) is 0 Å². The van der Waals surface area contributed by atoms with Crippen molar-refractivity contribution in [2.75, 3.05) is 11.9 Å². The minimum Gasteiger partial charge on any atom is -0.493 e. The Labute approximate surface area is 208 Å². The van der Waals surface area contributed by atoms with Crippen LogP contribution in [0.2, 0.25) is 10.0 Å². The lowest BCUT2D eigenvalue weighted by Gasteiger charge is -2.09. The second-order valence-electron chi connectivity index (χ2n) is 7.63. The molecule has 8 heteroatoms. The second kappa shape index (κ2) is 12.2. The van der Waals surface area contributed by atoms with E-state index in [0.29, 0.717) is 46.5 Å². The fraction of sp³-hybridized carbons (Fsp3) is 0.192. The summed E-state index contributed by atoms with van der Waals surface area (Å²) in [6.07, 6.45) is 0.851. The third-order valence-electron chi connectivity index (χ3n) is 4.96. The van der Waals surface area contributed by atoms with Crippen molar-refractivity contribution in [3.8, 4) is 5.75 Å². The summed E-state index contributed by atoms with van der Waals surface area (Å²) >= 11 is 11.8. The van der Waals surface area contributed by atoms with Gasteiger partial charge in [-0.2, -0.15) is 5.10 Å². The smallest absolute Gasteiger partial charge is 0.255 e. The van der Waals surface area contributed by atoms with E-state index in [2.05, 4.69) is 15.8 Å². The normalized spacial score (nSPS) is 11.1. The average Bonchev–Trinajstić information content (AvgIpc) is 2.82. The Balaban J connectivity index is 1.43. The van der Waals surface area contributed by atoms with Gasteiger partial charge in [0.05, 0.1) is 12.3 Å². The van der Waals surface area contributed by atoms with Gasteiger partial charge >= 0.3 is 0 Å². The minimum atomic E-state index is -0.225. The van der Waals surface area contributed by atoms with Gasteiger partial charge in [0.1, 0.15) is 5.75 Å². The molecular weight excluding hydrogens is 473 g/mol. The number of hydrazone groups is 1. The number of anilines is 1. The van der Waals surface area contributed by atoms with E-state index in [9.17, 15) is 9.59 Å². The van der Waals surface area contributed by atoms with Gasteiger partial charge in [-0.15, -0.1) is 0 Å². The van der Waals surface area contributed by atoms with Crippen LogP contribution < -0.4 is 15.5 Å². The lowest BCUT2D eigenvalue weighted by Crippen LogP contribution is -2.19. The van der Waals surface area contributed by atoms with Crippen molar-refractivity contribution in [2.24, 2.45) is 5.10 Å². The van der Waals surface area contributed by atoms with Crippen LogP contribution in [-0.4, -0.2) is 24.1 Å². The van der Waals surface area contributed by atoms with Crippen LogP contribution in [0.5, 0.6) is 5.75 Å². The van der Waals surface area contributed by atoms with Crippen molar-refractivity contribution in [3.05, 3.63) is 93.5 Å². The molecule has 2 N–H and O–H groups in total. The summed E-state index contributed by atoms with van der Waals surface area (Å²) in [7, 11) is 0. The third-order valence-corrected chi connectivity index (χ3v) is 5.45. The standard InChI is InChI=1S/C26H25Cl2N3O3/c1-17-16-22(28)11-14-24(17)34-15-3-4-25(32)31-30-18(2)19-7-12-23(13-8-19)29-26(33)20-5-9-21(27)10-6-20/h5-14,16H,3-4,15H2,1-2H3,(H,29,33)(H,31,32)/b30-18+. The number of carbonyl (C=O) groups is 2. The number of ether oxygens (including phenoxy) is 1. The molecule has 2 amide bonds. The van der Waals surface area contributed by atoms with E-state index in [4.69, 9.17) is 27.9 Å². The van der Waals surface area contributed by atoms with Crippen LogP contribution in [0.1, 0.15) is 41.3 Å². The molecule has 0 bridgehead atoms. The highest BCUT2D eigenvalue weighted by Crippen LogP contribution is 2.22. The average molecular weight is 498 g/mol. The lowest BCUT2D eigenvalue weighted by molar-refractivity contribution is -0.121. The molecule has 0 aliphatic rings. The SMILES string of the molecule is C/C(=N\NC(=O)CCCOc1ccc(Cl)cc1C)c1ccc(NC(=O)c2ccc(Cl)cc2)cc1. The number of halogens is 2. The minimum absolute atomic E-state index is 0.192. The molecule has 6 nitrogen and oxygen atoms in total. The summed E-state index contributed by atoms with van der Waals surface area (Å²) in [5, 5.41) is 8.23. The number of benzene rings is 3. The Hall–Kier alpha value is -3.35. The van der Waals surface area contributed by atoms with Gasteiger partial charge in [0.15, 0.2) is 0 Å². The van der Waals surface area contributed by atoms with Gasteiger partial charge < -0.3 is 10.1 Å². The van der Waals surface area contributed by atoms with Gasteiger partial charge in [0.2, 0.25) is 5.91 Å². The van der Waals surface area contributed by atoms with Crippen molar-refractivity contribution in [3.63, 3.8) is 0 Å². The van der Waals surface area contributed by atoms with Crippen molar-refractivity contribution >= 4 is 46.4 Å². The van der Waals surface area contributed by atoms with E-state index >= 15 is 0 Å². The Bertz CT molecular complexity index is 1180. The maximum Gasteiger partial charge on any atom is 0.255 e. The Kier molecular flexibility index (Phi) is 9.08. The summed E-state index contributed by atoms with van der Waals surface area (Å²) in [5.41, 5.74) is 6.16. The van der Waals surface area contributed by atoms with Crippen LogP contribution >= 0.6 is 23.2 Å². The Morgan fingerprint density at radius 1 is 0.912 bits per heavy atom.